The third-order valence-electron chi connectivity index (χ3n) is 4.20. The Morgan fingerprint density at radius 1 is 1.47 bits per heavy atom. The molecule has 1 fully saturated rings. The Kier molecular flexibility index (Phi) is 4.09. The highest BCUT2D eigenvalue weighted by molar-refractivity contribution is 5.44. The highest BCUT2D eigenvalue weighted by Gasteiger charge is 2.26. The highest BCUT2D eigenvalue weighted by atomic mass is 19.1. The fourth-order valence-electron chi connectivity index (χ4n) is 1.91. The maximum absolute atomic E-state index is 14.5. The van der Waals surface area contributed by atoms with Crippen LogP contribution < -0.4 is 10.2 Å². The van der Waals surface area contributed by atoms with E-state index >= 15 is 0 Å². The second-order valence-corrected chi connectivity index (χ2v) is 5.99. The van der Waals surface area contributed by atoms with E-state index in [2.05, 4.69) is 31.1 Å². The summed E-state index contributed by atoms with van der Waals surface area (Å²) in [6.07, 6.45) is 5.06. The summed E-state index contributed by atoms with van der Waals surface area (Å²) in [5, 5.41) is 3.35. The molecule has 19 heavy (non-hydrogen) atoms. The van der Waals surface area contributed by atoms with Gasteiger partial charge in [-0.25, -0.2) is 9.37 Å². The van der Waals surface area contributed by atoms with E-state index in [0.717, 1.165) is 6.42 Å². The Hall–Kier alpha value is -1.16. The first kappa shape index (κ1) is 14.3. The Morgan fingerprint density at radius 2 is 2.16 bits per heavy atom. The van der Waals surface area contributed by atoms with Crippen molar-refractivity contribution in [3.63, 3.8) is 0 Å². The Balaban J connectivity index is 2.18. The van der Waals surface area contributed by atoms with E-state index in [1.165, 1.54) is 12.8 Å². The minimum Gasteiger partial charge on any atom is -0.352 e. The van der Waals surface area contributed by atoms with Crippen LogP contribution in [0.2, 0.25) is 0 Å². The number of anilines is 1. The van der Waals surface area contributed by atoms with Crippen molar-refractivity contribution in [2.45, 2.75) is 58.2 Å². The lowest BCUT2D eigenvalue weighted by atomic mass is 10.00. The lowest BCUT2D eigenvalue weighted by Crippen LogP contribution is -2.41. The van der Waals surface area contributed by atoms with Gasteiger partial charge in [0.2, 0.25) is 0 Å². The van der Waals surface area contributed by atoms with Gasteiger partial charge in [-0.15, -0.1) is 0 Å². The molecule has 1 aliphatic carbocycles. The SMILES string of the molecule is CCC(C)(C)N(C)c1nccc(CNC2CC2)c1F. The van der Waals surface area contributed by atoms with Crippen molar-refractivity contribution >= 4 is 5.82 Å². The van der Waals surface area contributed by atoms with Crippen molar-refractivity contribution in [2.75, 3.05) is 11.9 Å². The van der Waals surface area contributed by atoms with Gasteiger partial charge in [-0.1, -0.05) is 6.92 Å². The lowest BCUT2D eigenvalue weighted by Gasteiger charge is -2.36. The summed E-state index contributed by atoms with van der Waals surface area (Å²) in [5.41, 5.74) is 0.603. The summed E-state index contributed by atoms with van der Waals surface area (Å²) in [6.45, 7) is 6.89. The number of halogens is 1. The van der Waals surface area contributed by atoms with Crippen molar-refractivity contribution < 1.29 is 4.39 Å². The maximum atomic E-state index is 14.5. The van der Waals surface area contributed by atoms with Crippen molar-refractivity contribution in [3.8, 4) is 0 Å². The van der Waals surface area contributed by atoms with Crippen molar-refractivity contribution in [3.05, 3.63) is 23.6 Å². The van der Waals surface area contributed by atoms with E-state index in [-0.39, 0.29) is 11.4 Å². The van der Waals surface area contributed by atoms with Gasteiger partial charge in [-0.05, 0) is 39.2 Å². The lowest BCUT2D eigenvalue weighted by molar-refractivity contribution is 0.456. The zero-order chi connectivity index (χ0) is 14.0. The quantitative estimate of drug-likeness (QED) is 0.856. The zero-order valence-corrected chi connectivity index (χ0v) is 12.3. The number of hydrogen-bond donors (Lipinski definition) is 1. The van der Waals surface area contributed by atoms with Crippen LogP contribution in [0.25, 0.3) is 0 Å². The third kappa shape index (κ3) is 3.24. The summed E-state index contributed by atoms with van der Waals surface area (Å²) in [5.74, 6) is 0.252. The molecule has 3 nitrogen and oxygen atoms in total. The second-order valence-electron chi connectivity index (χ2n) is 5.99. The second kappa shape index (κ2) is 5.45. The van der Waals surface area contributed by atoms with Gasteiger partial charge in [0.05, 0.1) is 0 Å². The van der Waals surface area contributed by atoms with Gasteiger partial charge in [-0.3, -0.25) is 0 Å². The van der Waals surface area contributed by atoms with Crippen molar-refractivity contribution in [1.82, 2.24) is 10.3 Å². The van der Waals surface area contributed by atoms with Crippen LogP contribution in [0, 0.1) is 5.82 Å². The van der Waals surface area contributed by atoms with Crippen molar-refractivity contribution in [2.24, 2.45) is 0 Å². The highest BCUT2D eigenvalue weighted by Crippen LogP contribution is 2.27. The first-order valence-electron chi connectivity index (χ1n) is 7.06. The normalized spacial score (nSPS) is 15.6. The number of nitrogens with one attached hydrogen (secondary N) is 1. The summed E-state index contributed by atoms with van der Waals surface area (Å²) >= 11 is 0. The van der Waals surface area contributed by atoms with E-state index in [4.69, 9.17) is 0 Å². The molecular formula is C15H24FN3. The van der Waals surface area contributed by atoms with Crippen molar-refractivity contribution in [1.29, 1.82) is 0 Å². The molecule has 0 bridgehead atoms. The molecule has 0 unspecified atom stereocenters. The predicted octanol–water partition coefficient (Wildman–Crippen LogP) is 3.10. The van der Waals surface area contributed by atoms with Gasteiger partial charge in [0, 0.05) is 36.9 Å². The zero-order valence-electron chi connectivity index (χ0n) is 12.3. The molecule has 0 aromatic carbocycles. The molecule has 1 N–H and O–H groups in total. The Morgan fingerprint density at radius 3 is 2.74 bits per heavy atom. The Bertz CT molecular complexity index is 441. The van der Waals surface area contributed by atoms with E-state index in [9.17, 15) is 4.39 Å². The Labute approximate surface area is 115 Å². The fraction of sp³-hybridized carbons (Fsp3) is 0.667. The van der Waals surface area contributed by atoms with E-state index in [0.29, 0.717) is 24.0 Å². The molecule has 0 atom stereocenters. The minimum absolute atomic E-state index is 0.101. The fourth-order valence-corrected chi connectivity index (χ4v) is 1.91. The first-order chi connectivity index (χ1) is 8.95. The number of pyridine rings is 1. The molecule has 4 heteroatoms. The summed E-state index contributed by atoms with van der Waals surface area (Å²) < 4.78 is 14.5. The molecule has 1 aromatic heterocycles. The molecule has 106 valence electrons. The molecule has 1 aromatic rings. The average molecular weight is 265 g/mol. The molecule has 1 aliphatic rings. The molecule has 0 saturated heterocycles. The standard InChI is InChI=1S/C15H24FN3/c1-5-15(2,3)19(4)14-13(16)11(8-9-17-14)10-18-12-6-7-12/h8-9,12,18H,5-7,10H2,1-4H3. The van der Waals surface area contributed by atoms with Crippen LogP contribution in [0.15, 0.2) is 12.3 Å². The van der Waals surface area contributed by atoms with E-state index in [1.807, 2.05) is 11.9 Å². The van der Waals surface area contributed by atoms with Gasteiger partial charge >= 0.3 is 0 Å². The summed E-state index contributed by atoms with van der Waals surface area (Å²) in [4.78, 5) is 6.15. The molecule has 0 spiro atoms. The number of rotatable bonds is 6. The van der Waals surface area contributed by atoms with Crippen LogP contribution in [0.1, 0.15) is 45.6 Å². The van der Waals surface area contributed by atoms with E-state index < -0.39 is 0 Å². The van der Waals surface area contributed by atoms with Gasteiger partial charge in [-0.2, -0.15) is 0 Å². The van der Waals surface area contributed by atoms with Crippen LogP contribution >= 0.6 is 0 Å². The van der Waals surface area contributed by atoms with Gasteiger partial charge in [0.15, 0.2) is 11.6 Å². The largest absolute Gasteiger partial charge is 0.352 e. The van der Waals surface area contributed by atoms with Crippen LogP contribution in [0.5, 0.6) is 0 Å². The molecule has 1 saturated carbocycles. The van der Waals surface area contributed by atoms with Gasteiger partial charge in [0.25, 0.3) is 0 Å². The van der Waals surface area contributed by atoms with Gasteiger partial charge in [0.1, 0.15) is 0 Å². The van der Waals surface area contributed by atoms with Crippen LogP contribution in [0.4, 0.5) is 10.2 Å². The summed E-state index contributed by atoms with van der Waals surface area (Å²) in [7, 11) is 1.91. The predicted molar refractivity (Wildman–Crippen MR) is 76.8 cm³/mol. The molecule has 0 aliphatic heterocycles. The average Bonchev–Trinajstić information content (AvgIpc) is 3.21. The van der Waals surface area contributed by atoms with Crippen LogP contribution in [0.3, 0.4) is 0 Å². The minimum atomic E-state index is -0.195. The molecule has 0 radical (unpaired) electrons. The monoisotopic (exact) mass is 265 g/mol. The smallest absolute Gasteiger partial charge is 0.170 e. The van der Waals surface area contributed by atoms with Crippen LogP contribution in [-0.4, -0.2) is 23.6 Å². The molecule has 0 amide bonds. The van der Waals surface area contributed by atoms with Crippen LogP contribution in [-0.2, 0) is 6.54 Å². The first-order valence-corrected chi connectivity index (χ1v) is 7.06. The van der Waals surface area contributed by atoms with E-state index in [1.54, 1.807) is 12.3 Å². The topological polar surface area (TPSA) is 28.2 Å². The number of nitrogens with zero attached hydrogens (tertiary/aromatic N) is 2. The maximum Gasteiger partial charge on any atom is 0.170 e. The molecular weight excluding hydrogens is 241 g/mol. The number of aromatic nitrogens is 1. The molecule has 1 heterocycles. The third-order valence-corrected chi connectivity index (χ3v) is 4.20. The molecule has 2 rings (SSSR count). The number of hydrogen-bond acceptors (Lipinski definition) is 3. The summed E-state index contributed by atoms with van der Waals surface area (Å²) in [6, 6.07) is 2.35. The van der Waals surface area contributed by atoms with Gasteiger partial charge < -0.3 is 10.2 Å².